The second-order valence-electron chi connectivity index (χ2n) is 3.28. The first-order valence-electron chi connectivity index (χ1n) is 4.94. The van der Waals surface area contributed by atoms with Gasteiger partial charge in [-0.1, -0.05) is 5.16 Å². The summed E-state index contributed by atoms with van der Waals surface area (Å²) in [6, 6.07) is 3.65. The molecule has 6 nitrogen and oxygen atoms in total. The van der Waals surface area contributed by atoms with E-state index < -0.39 is 0 Å². The van der Waals surface area contributed by atoms with Crippen LogP contribution in [0.15, 0.2) is 22.9 Å². The van der Waals surface area contributed by atoms with E-state index >= 15 is 0 Å². The molecule has 0 aliphatic rings. The van der Waals surface area contributed by atoms with Crippen molar-refractivity contribution in [3.63, 3.8) is 0 Å². The molecule has 0 spiro atoms. The molecule has 16 heavy (non-hydrogen) atoms. The van der Waals surface area contributed by atoms with Gasteiger partial charge >= 0.3 is 0 Å². The van der Waals surface area contributed by atoms with Gasteiger partial charge in [-0.3, -0.25) is 0 Å². The summed E-state index contributed by atoms with van der Waals surface area (Å²) in [7, 11) is 1.82. The lowest BCUT2D eigenvalue weighted by Crippen LogP contribution is -2.05. The van der Waals surface area contributed by atoms with Crippen molar-refractivity contribution < 1.29 is 4.52 Å². The van der Waals surface area contributed by atoms with Crippen molar-refractivity contribution in [2.24, 2.45) is 0 Å². The van der Waals surface area contributed by atoms with Gasteiger partial charge in [0.25, 0.3) is 0 Å². The van der Waals surface area contributed by atoms with E-state index in [4.69, 9.17) is 4.52 Å². The van der Waals surface area contributed by atoms with Gasteiger partial charge in [0.15, 0.2) is 0 Å². The molecule has 0 aliphatic carbocycles. The lowest BCUT2D eigenvalue weighted by atomic mass is 10.4. The highest BCUT2D eigenvalue weighted by atomic mass is 16.5. The van der Waals surface area contributed by atoms with Gasteiger partial charge < -0.3 is 15.2 Å². The second kappa shape index (κ2) is 4.61. The van der Waals surface area contributed by atoms with Crippen LogP contribution >= 0.6 is 0 Å². The predicted octanol–water partition coefficient (Wildman–Crippen LogP) is 1.43. The Labute approximate surface area is 93.1 Å². The third-order valence-electron chi connectivity index (χ3n) is 2.04. The minimum absolute atomic E-state index is 0.579. The van der Waals surface area contributed by atoms with Crippen LogP contribution in [0.25, 0.3) is 0 Å². The molecule has 2 rings (SSSR count). The zero-order chi connectivity index (χ0) is 11.4. The largest absolute Gasteiger partial charge is 0.373 e. The number of aryl methyl sites for hydroxylation is 1. The zero-order valence-electron chi connectivity index (χ0n) is 9.19. The van der Waals surface area contributed by atoms with Crippen LogP contribution in [0, 0.1) is 6.92 Å². The monoisotopic (exact) mass is 219 g/mol. The van der Waals surface area contributed by atoms with Crippen molar-refractivity contribution in [2.75, 3.05) is 17.7 Å². The van der Waals surface area contributed by atoms with Crippen molar-refractivity contribution in [3.05, 3.63) is 29.9 Å². The number of rotatable bonds is 4. The molecule has 0 atom stereocenters. The smallest absolute Gasteiger partial charge is 0.132 e. The lowest BCUT2D eigenvalue weighted by Gasteiger charge is -2.06. The molecule has 0 bridgehead atoms. The predicted molar refractivity (Wildman–Crippen MR) is 60.1 cm³/mol. The molecular weight excluding hydrogens is 206 g/mol. The van der Waals surface area contributed by atoms with Gasteiger partial charge in [-0.15, -0.1) is 0 Å². The Bertz CT molecular complexity index is 454. The van der Waals surface area contributed by atoms with Gasteiger partial charge in [0.1, 0.15) is 29.4 Å². The summed E-state index contributed by atoms with van der Waals surface area (Å²) in [4.78, 5) is 8.46. The highest BCUT2D eigenvalue weighted by Crippen LogP contribution is 2.11. The maximum Gasteiger partial charge on any atom is 0.132 e. The molecule has 0 fully saturated rings. The van der Waals surface area contributed by atoms with E-state index in [0.717, 1.165) is 23.2 Å². The fraction of sp³-hybridized carbons (Fsp3) is 0.300. The topological polar surface area (TPSA) is 75.9 Å². The molecule has 0 saturated carbocycles. The average Bonchev–Trinajstić information content (AvgIpc) is 2.78. The lowest BCUT2D eigenvalue weighted by molar-refractivity contribution is 0.412. The maximum atomic E-state index is 4.74. The Morgan fingerprint density at radius 2 is 2.12 bits per heavy atom. The first-order chi connectivity index (χ1) is 7.78. The third kappa shape index (κ3) is 2.47. The van der Waals surface area contributed by atoms with Crippen LogP contribution in [0.5, 0.6) is 0 Å². The molecule has 2 heterocycles. The Morgan fingerprint density at radius 3 is 2.81 bits per heavy atom. The number of nitrogens with one attached hydrogen (secondary N) is 2. The fourth-order valence-corrected chi connectivity index (χ4v) is 1.30. The average molecular weight is 219 g/mol. The SMILES string of the molecule is CNc1cc(NCc2ccon2)nc(C)n1. The summed E-state index contributed by atoms with van der Waals surface area (Å²) in [6.07, 6.45) is 1.54. The summed E-state index contributed by atoms with van der Waals surface area (Å²) < 4.78 is 4.74. The minimum Gasteiger partial charge on any atom is -0.373 e. The Hall–Kier alpha value is -2.11. The number of hydrogen-bond donors (Lipinski definition) is 2. The fourth-order valence-electron chi connectivity index (χ4n) is 1.30. The van der Waals surface area contributed by atoms with E-state index in [0.29, 0.717) is 6.54 Å². The second-order valence-corrected chi connectivity index (χ2v) is 3.28. The summed E-state index contributed by atoms with van der Waals surface area (Å²) in [6.45, 7) is 2.43. The number of hydrogen-bond acceptors (Lipinski definition) is 6. The molecule has 6 heteroatoms. The van der Waals surface area contributed by atoms with Gasteiger partial charge in [-0.05, 0) is 6.92 Å². The quantitative estimate of drug-likeness (QED) is 0.810. The molecule has 0 radical (unpaired) electrons. The van der Waals surface area contributed by atoms with E-state index in [1.807, 2.05) is 20.0 Å². The van der Waals surface area contributed by atoms with Gasteiger partial charge in [-0.2, -0.15) is 0 Å². The summed E-state index contributed by atoms with van der Waals surface area (Å²) in [5, 5.41) is 9.92. The number of anilines is 2. The molecule has 0 aliphatic heterocycles. The Morgan fingerprint density at radius 1 is 1.31 bits per heavy atom. The van der Waals surface area contributed by atoms with Crippen LogP contribution in [0.2, 0.25) is 0 Å². The Kier molecular flexibility index (Phi) is 3.00. The maximum absolute atomic E-state index is 4.74. The highest BCUT2D eigenvalue weighted by Gasteiger charge is 2.01. The van der Waals surface area contributed by atoms with E-state index in [1.165, 1.54) is 0 Å². The van der Waals surface area contributed by atoms with E-state index in [9.17, 15) is 0 Å². The van der Waals surface area contributed by atoms with Crippen molar-refractivity contribution in [3.8, 4) is 0 Å². The van der Waals surface area contributed by atoms with Crippen LogP contribution in [-0.2, 0) is 6.54 Å². The molecule has 0 amide bonds. The zero-order valence-corrected chi connectivity index (χ0v) is 9.19. The first-order valence-corrected chi connectivity index (χ1v) is 4.94. The van der Waals surface area contributed by atoms with E-state index in [1.54, 1.807) is 12.3 Å². The summed E-state index contributed by atoms with van der Waals surface area (Å²) >= 11 is 0. The standard InChI is InChI=1S/C10H13N5O/c1-7-13-9(11-2)5-10(14-7)12-6-8-3-4-16-15-8/h3-5H,6H2,1-2H3,(H2,11,12,13,14). The van der Waals surface area contributed by atoms with Crippen LogP contribution in [0.3, 0.4) is 0 Å². The highest BCUT2D eigenvalue weighted by molar-refractivity contribution is 5.47. The molecule has 84 valence electrons. The molecule has 0 unspecified atom stereocenters. The van der Waals surface area contributed by atoms with Gasteiger partial charge in [-0.25, -0.2) is 9.97 Å². The van der Waals surface area contributed by atoms with Gasteiger partial charge in [0.2, 0.25) is 0 Å². The van der Waals surface area contributed by atoms with Gasteiger partial charge in [0, 0.05) is 19.2 Å². The van der Waals surface area contributed by atoms with Crippen molar-refractivity contribution >= 4 is 11.6 Å². The molecule has 2 aromatic rings. The molecule has 2 aromatic heterocycles. The summed E-state index contributed by atoms with van der Waals surface area (Å²) in [5.74, 6) is 2.27. The van der Waals surface area contributed by atoms with E-state index in [-0.39, 0.29) is 0 Å². The van der Waals surface area contributed by atoms with Crippen molar-refractivity contribution in [1.29, 1.82) is 0 Å². The van der Waals surface area contributed by atoms with Crippen LogP contribution < -0.4 is 10.6 Å². The molecular formula is C10H13N5O. The van der Waals surface area contributed by atoms with Crippen molar-refractivity contribution in [2.45, 2.75) is 13.5 Å². The van der Waals surface area contributed by atoms with Crippen LogP contribution in [0.1, 0.15) is 11.5 Å². The number of aromatic nitrogens is 3. The normalized spacial score (nSPS) is 10.1. The van der Waals surface area contributed by atoms with Gasteiger partial charge in [0.05, 0.1) is 6.54 Å². The molecule has 2 N–H and O–H groups in total. The number of nitrogens with zero attached hydrogens (tertiary/aromatic N) is 3. The molecule has 0 saturated heterocycles. The van der Waals surface area contributed by atoms with Crippen LogP contribution in [-0.4, -0.2) is 22.2 Å². The van der Waals surface area contributed by atoms with E-state index in [2.05, 4.69) is 25.8 Å². The third-order valence-corrected chi connectivity index (χ3v) is 2.04. The molecule has 0 aromatic carbocycles. The summed E-state index contributed by atoms with van der Waals surface area (Å²) in [5.41, 5.74) is 0.835. The van der Waals surface area contributed by atoms with Crippen molar-refractivity contribution in [1.82, 2.24) is 15.1 Å². The minimum atomic E-state index is 0.579. The Balaban J connectivity index is 2.06. The van der Waals surface area contributed by atoms with Crippen LogP contribution in [0.4, 0.5) is 11.6 Å². The first kappa shape index (κ1) is 10.4.